The number of rotatable bonds is 7. The predicted octanol–water partition coefficient (Wildman–Crippen LogP) is 1.69. The van der Waals surface area contributed by atoms with E-state index in [1.54, 1.807) is 36.4 Å². The molecule has 1 aliphatic rings. The third kappa shape index (κ3) is 4.81. The van der Waals surface area contributed by atoms with Crippen molar-refractivity contribution in [2.24, 2.45) is 0 Å². The predicted molar refractivity (Wildman–Crippen MR) is 95.5 cm³/mol. The number of hydrogen-bond donors (Lipinski definition) is 2. The third-order valence-corrected chi connectivity index (χ3v) is 4.12. The van der Waals surface area contributed by atoms with E-state index in [0.29, 0.717) is 5.69 Å². The molecule has 1 aliphatic heterocycles. The maximum absolute atomic E-state index is 11.9. The second-order valence-electron chi connectivity index (χ2n) is 6.10. The van der Waals surface area contributed by atoms with Gasteiger partial charge in [-0.1, -0.05) is 12.1 Å². The number of furan rings is 1. The topological polar surface area (TPSA) is 109 Å². The smallest absolute Gasteiger partial charge is 0.286 e. The van der Waals surface area contributed by atoms with Crippen LogP contribution >= 0.6 is 0 Å². The second-order valence-corrected chi connectivity index (χ2v) is 6.10. The number of nitrogens with zero attached hydrogens (tertiary/aromatic N) is 1. The minimum absolute atomic E-state index is 0.116. The summed E-state index contributed by atoms with van der Waals surface area (Å²) < 4.78 is 4.96. The summed E-state index contributed by atoms with van der Waals surface area (Å²) in [4.78, 5) is 48.1. The number of benzene rings is 1. The van der Waals surface area contributed by atoms with Crippen molar-refractivity contribution in [3.8, 4) is 0 Å². The Balaban J connectivity index is 1.43. The Labute approximate surface area is 155 Å². The van der Waals surface area contributed by atoms with Crippen molar-refractivity contribution in [1.82, 2.24) is 10.2 Å². The van der Waals surface area contributed by atoms with Crippen LogP contribution < -0.4 is 10.6 Å². The van der Waals surface area contributed by atoms with Gasteiger partial charge in [0.15, 0.2) is 5.76 Å². The fourth-order valence-electron chi connectivity index (χ4n) is 2.68. The van der Waals surface area contributed by atoms with Crippen LogP contribution in [0.3, 0.4) is 0 Å². The van der Waals surface area contributed by atoms with Crippen LogP contribution in [0.15, 0.2) is 47.1 Å². The van der Waals surface area contributed by atoms with E-state index in [0.717, 1.165) is 5.56 Å². The largest absolute Gasteiger partial charge is 0.459 e. The van der Waals surface area contributed by atoms with E-state index < -0.39 is 0 Å². The second kappa shape index (κ2) is 8.31. The summed E-state index contributed by atoms with van der Waals surface area (Å²) in [5, 5.41) is 5.32. The van der Waals surface area contributed by atoms with Crippen molar-refractivity contribution < 1.29 is 23.6 Å². The summed E-state index contributed by atoms with van der Waals surface area (Å²) in [6.07, 6.45) is 2.05. The molecular weight excluding hydrogens is 350 g/mol. The van der Waals surface area contributed by atoms with Crippen LogP contribution in [-0.4, -0.2) is 35.1 Å². The third-order valence-electron chi connectivity index (χ3n) is 4.12. The van der Waals surface area contributed by atoms with Crippen molar-refractivity contribution in [2.75, 3.05) is 11.9 Å². The van der Waals surface area contributed by atoms with Gasteiger partial charge in [-0.2, -0.15) is 0 Å². The quantitative estimate of drug-likeness (QED) is 0.722. The summed E-state index contributed by atoms with van der Waals surface area (Å²) in [5.41, 5.74) is 1.41. The van der Waals surface area contributed by atoms with Crippen LogP contribution in [-0.2, 0) is 20.9 Å². The molecule has 0 saturated carbocycles. The zero-order valence-corrected chi connectivity index (χ0v) is 14.6. The standard InChI is InChI=1S/C19H19N3O5/c23-16(9-10-20-19(26)15-2-1-11-27-15)21-14-5-3-13(4-6-14)12-22-17(24)7-8-18(22)25/h1-6,11H,7-10,12H2,(H,20,26)(H,21,23). The van der Waals surface area contributed by atoms with Gasteiger partial charge in [0.25, 0.3) is 5.91 Å². The fourth-order valence-corrected chi connectivity index (χ4v) is 2.68. The monoisotopic (exact) mass is 369 g/mol. The molecule has 0 spiro atoms. The van der Waals surface area contributed by atoms with E-state index in [1.807, 2.05) is 0 Å². The number of carbonyl (C=O) groups excluding carboxylic acids is 4. The summed E-state index contributed by atoms with van der Waals surface area (Å²) in [5.74, 6) is -0.737. The van der Waals surface area contributed by atoms with Crippen molar-refractivity contribution in [3.05, 3.63) is 54.0 Å². The highest BCUT2D eigenvalue weighted by Crippen LogP contribution is 2.17. The Morgan fingerprint density at radius 3 is 2.37 bits per heavy atom. The molecule has 0 unspecified atom stereocenters. The molecule has 3 rings (SSSR count). The zero-order valence-electron chi connectivity index (χ0n) is 14.6. The van der Waals surface area contributed by atoms with Gasteiger partial charge in [0, 0.05) is 31.5 Å². The highest BCUT2D eigenvalue weighted by atomic mass is 16.3. The molecule has 1 saturated heterocycles. The molecule has 0 aliphatic carbocycles. The van der Waals surface area contributed by atoms with Crippen LogP contribution in [0.5, 0.6) is 0 Å². The maximum Gasteiger partial charge on any atom is 0.286 e. The molecule has 0 atom stereocenters. The van der Waals surface area contributed by atoms with Crippen molar-refractivity contribution in [2.45, 2.75) is 25.8 Å². The van der Waals surface area contributed by atoms with Crippen molar-refractivity contribution in [3.63, 3.8) is 0 Å². The molecule has 2 N–H and O–H groups in total. The average Bonchev–Trinajstić information content (AvgIpc) is 3.29. The first-order valence-corrected chi connectivity index (χ1v) is 8.56. The maximum atomic E-state index is 11.9. The SMILES string of the molecule is O=C(CCNC(=O)c1ccco1)Nc1ccc(CN2C(=O)CCC2=O)cc1. The number of hydrogen-bond acceptors (Lipinski definition) is 5. The summed E-state index contributed by atoms with van der Waals surface area (Å²) >= 11 is 0. The Kier molecular flexibility index (Phi) is 5.65. The molecule has 1 aromatic carbocycles. The molecule has 1 fully saturated rings. The first-order valence-electron chi connectivity index (χ1n) is 8.56. The molecule has 0 radical (unpaired) electrons. The molecule has 27 heavy (non-hydrogen) atoms. The summed E-state index contributed by atoms with van der Waals surface area (Å²) in [6.45, 7) is 0.424. The zero-order chi connectivity index (χ0) is 19.2. The van der Waals surface area contributed by atoms with E-state index in [2.05, 4.69) is 10.6 Å². The molecule has 2 heterocycles. The van der Waals surface area contributed by atoms with Gasteiger partial charge in [-0.3, -0.25) is 24.1 Å². The lowest BCUT2D eigenvalue weighted by Crippen LogP contribution is -2.28. The highest BCUT2D eigenvalue weighted by molar-refractivity contribution is 6.01. The van der Waals surface area contributed by atoms with Gasteiger partial charge in [0.1, 0.15) is 0 Å². The minimum Gasteiger partial charge on any atom is -0.459 e. The molecule has 0 bridgehead atoms. The van der Waals surface area contributed by atoms with Gasteiger partial charge in [-0.15, -0.1) is 0 Å². The van der Waals surface area contributed by atoms with E-state index in [1.165, 1.54) is 11.2 Å². The summed E-state index contributed by atoms with van der Waals surface area (Å²) in [7, 11) is 0. The first-order chi connectivity index (χ1) is 13.0. The number of nitrogens with one attached hydrogen (secondary N) is 2. The molecule has 1 aromatic heterocycles. The molecule has 4 amide bonds. The lowest BCUT2D eigenvalue weighted by molar-refractivity contribution is -0.139. The van der Waals surface area contributed by atoms with E-state index >= 15 is 0 Å². The lowest BCUT2D eigenvalue weighted by atomic mass is 10.2. The molecular formula is C19H19N3O5. The minimum atomic E-state index is -0.372. The van der Waals surface area contributed by atoms with Crippen LogP contribution in [0.4, 0.5) is 5.69 Å². The van der Waals surface area contributed by atoms with Gasteiger partial charge in [0.2, 0.25) is 17.7 Å². The number of anilines is 1. The van der Waals surface area contributed by atoms with Gasteiger partial charge in [-0.25, -0.2) is 0 Å². The average molecular weight is 369 g/mol. The van der Waals surface area contributed by atoms with Gasteiger partial charge in [0.05, 0.1) is 12.8 Å². The van der Waals surface area contributed by atoms with Crippen LogP contribution in [0, 0.1) is 0 Å². The Hall–Kier alpha value is -3.42. The molecule has 2 aromatic rings. The van der Waals surface area contributed by atoms with Gasteiger partial charge in [-0.05, 0) is 29.8 Å². The molecule has 140 valence electrons. The van der Waals surface area contributed by atoms with Gasteiger partial charge < -0.3 is 15.1 Å². The molecule has 8 heteroatoms. The Morgan fingerprint density at radius 1 is 1.04 bits per heavy atom. The summed E-state index contributed by atoms with van der Waals surface area (Å²) in [6, 6.07) is 10.1. The normalized spacial score (nSPS) is 13.7. The van der Waals surface area contributed by atoms with Crippen molar-refractivity contribution >= 4 is 29.3 Å². The number of carbonyl (C=O) groups is 4. The fraction of sp³-hybridized carbons (Fsp3) is 0.263. The van der Waals surface area contributed by atoms with Crippen LogP contribution in [0.2, 0.25) is 0 Å². The molecule has 8 nitrogen and oxygen atoms in total. The highest BCUT2D eigenvalue weighted by Gasteiger charge is 2.28. The lowest BCUT2D eigenvalue weighted by Gasteiger charge is -2.14. The van der Waals surface area contributed by atoms with Gasteiger partial charge >= 0.3 is 0 Å². The van der Waals surface area contributed by atoms with Crippen molar-refractivity contribution in [1.29, 1.82) is 0 Å². The Bertz CT molecular complexity index is 827. The number of amides is 4. The van der Waals surface area contributed by atoms with E-state index in [-0.39, 0.29) is 61.7 Å². The number of imide groups is 1. The first kappa shape index (κ1) is 18.4. The van der Waals surface area contributed by atoms with Crippen LogP contribution in [0.1, 0.15) is 35.4 Å². The van der Waals surface area contributed by atoms with Crippen LogP contribution in [0.25, 0.3) is 0 Å². The van der Waals surface area contributed by atoms with E-state index in [4.69, 9.17) is 4.42 Å². The Morgan fingerprint density at radius 2 is 1.74 bits per heavy atom. The van der Waals surface area contributed by atoms with E-state index in [9.17, 15) is 19.2 Å². The number of likely N-dealkylation sites (tertiary alicyclic amines) is 1.